The average molecular weight is 270 g/mol. The molecule has 6 heteroatoms. The van der Waals surface area contributed by atoms with Gasteiger partial charge < -0.3 is 15.1 Å². The summed E-state index contributed by atoms with van der Waals surface area (Å²) in [6.45, 7) is 0. The Morgan fingerprint density at radius 3 is 3.00 bits per heavy atom. The smallest absolute Gasteiger partial charge is 0.309 e. The van der Waals surface area contributed by atoms with Crippen LogP contribution < -0.4 is 0 Å². The summed E-state index contributed by atoms with van der Waals surface area (Å²) in [6, 6.07) is 3.68. The van der Waals surface area contributed by atoms with E-state index in [9.17, 15) is 4.79 Å². The van der Waals surface area contributed by atoms with E-state index in [-0.39, 0.29) is 6.42 Å². The van der Waals surface area contributed by atoms with E-state index >= 15 is 0 Å². The molecule has 0 fully saturated rings. The molecule has 0 aliphatic heterocycles. The Kier molecular flexibility index (Phi) is 2.59. The Balaban J connectivity index is 2.42. The molecular weight excluding hydrogens is 262 g/mol. The van der Waals surface area contributed by atoms with Gasteiger partial charge in [0.25, 0.3) is 0 Å². The van der Waals surface area contributed by atoms with Crippen molar-refractivity contribution in [3.8, 4) is 11.4 Å². The molecule has 0 aliphatic rings. The highest BCUT2D eigenvalue weighted by atomic mass is 79.9. The molecule has 0 aromatic carbocycles. The summed E-state index contributed by atoms with van der Waals surface area (Å²) in [7, 11) is 0. The fourth-order valence-corrected chi connectivity index (χ4v) is 1.77. The molecular formula is C9H8BrN3O2. The maximum atomic E-state index is 10.6. The van der Waals surface area contributed by atoms with Crippen molar-refractivity contribution in [3.05, 3.63) is 28.8 Å². The van der Waals surface area contributed by atoms with Gasteiger partial charge in [-0.15, -0.1) is 0 Å². The Morgan fingerprint density at radius 1 is 1.60 bits per heavy atom. The highest BCUT2D eigenvalue weighted by Gasteiger charge is 2.14. The minimum absolute atomic E-state index is 0.0764. The third-order valence-corrected chi connectivity index (χ3v) is 2.31. The first kappa shape index (κ1) is 9.97. The normalized spacial score (nSPS) is 10.5. The molecule has 15 heavy (non-hydrogen) atoms. The van der Waals surface area contributed by atoms with E-state index in [1.165, 1.54) is 0 Å². The lowest BCUT2D eigenvalue weighted by atomic mass is 10.2. The molecule has 0 unspecified atom stereocenters. The van der Waals surface area contributed by atoms with Gasteiger partial charge in [0.1, 0.15) is 5.69 Å². The number of imidazole rings is 1. The van der Waals surface area contributed by atoms with Crippen LogP contribution in [0.3, 0.4) is 0 Å². The minimum atomic E-state index is -0.890. The second-order valence-corrected chi connectivity index (χ2v) is 3.76. The Hall–Kier alpha value is -1.56. The van der Waals surface area contributed by atoms with Crippen LogP contribution in [0.5, 0.6) is 0 Å². The third-order valence-electron chi connectivity index (χ3n) is 1.93. The van der Waals surface area contributed by atoms with Crippen molar-refractivity contribution in [1.82, 2.24) is 15.0 Å². The molecule has 0 amide bonds. The molecule has 0 bridgehead atoms. The molecule has 2 aromatic heterocycles. The SMILES string of the molecule is O=C(O)Cc1[nH]c(Br)nc1-c1ccc[nH]1. The first-order chi connectivity index (χ1) is 7.16. The lowest BCUT2D eigenvalue weighted by Crippen LogP contribution is -2.01. The molecule has 0 saturated carbocycles. The predicted molar refractivity (Wildman–Crippen MR) is 57.4 cm³/mol. The van der Waals surface area contributed by atoms with Crippen molar-refractivity contribution in [2.75, 3.05) is 0 Å². The minimum Gasteiger partial charge on any atom is -0.481 e. The number of hydrogen-bond donors (Lipinski definition) is 3. The number of carboxylic acids is 1. The number of carboxylic acid groups (broad SMARTS) is 1. The van der Waals surface area contributed by atoms with Crippen LogP contribution in [-0.4, -0.2) is 26.0 Å². The summed E-state index contributed by atoms with van der Waals surface area (Å²) in [4.78, 5) is 20.7. The molecule has 5 nitrogen and oxygen atoms in total. The largest absolute Gasteiger partial charge is 0.481 e. The zero-order valence-corrected chi connectivity index (χ0v) is 9.21. The number of aliphatic carboxylic acids is 1. The van der Waals surface area contributed by atoms with Gasteiger partial charge in [-0.3, -0.25) is 4.79 Å². The molecule has 0 saturated heterocycles. The van der Waals surface area contributed by atoms with Crippen LogP contribution in [-0.2, 0) is 11.2 Å². The van der Waals surface area contributed by atoms with E-state index in [0.717, 1.165) is 5.69 Å². The molecule has 0 atom stereocenters. The van der Waals surface area contributed by atoms with Gasteiger partial charge in [-0.05, 0) is 28.1 Å². The average Bonchev–Trinajstić information content (AvgIpc) is 2.72. The highest BCUT2D eigenvalue weighted by Crippen LogP contribution is 2.22. The van der Waals surface area contributed by atoms with Gasteiger partial charge in [0.2, 0.25) is 0 Å². The van der Waals surface area contributed by atoms with Crippen molar-refractivity contribution in [2.45, 2.75) is 6.42 Å². The van der Waals surface area contributed by atoms with Gasteiger partial charge in [0.05, 0.1) is 17.8 Å². The predicted octanol–water partition coefficient (Wildman–Crippen LogP) is 1.79. The summed E-state index contributed by atoms with van der Waals surface area (Å²) in [5, 5.41) is 8.72. The van der Waals surface area contributed by atoms with Crippen LogP contribution in [0.25, 0.3) is 11.4 Å². The van der Waals surface area contributed by atoms with Crippen molar-refractivity contribution >= 4 is 21.9 Å². The number of nitrogens with zero attached hydrogens (tertiary/aromatic N) is 1. The van der Waals surface area contributed by atoms with Gasteiger partial charge in [0.15, 0.2) is 4.73 Å². The van der Waals surface area contributed by atoms with Crippen LogP contribution >= 0.6 is 15.9 Å². The van der Waals surface area contributed by atoms with Gasteiger partial charge in [-0.25, -0.2) is 4.98 Å². The first-order valence-electron chi connectivity index (χ1n) is 4.27. The number of hydrogen-bond acceptors (Lipinski definition) is 2. The molecule has 0 spiro atoms. The Morgan fingerprint density at radius 2 is 2.40 bits per heavy atom. The molecule has 2 heterocycles. The zero-order chi connectivity index (χ0) is 10.8. The first-order valence-corrected chi connectivity index (χ1v) is 5.06. The third kappa shape index (κ3) is 2.10. The summed E-state index contributed by atoms with van der Waals surface area (Å²) < 4.78 is 0.531. The van der Waals surface area contributed by atoms with Crippen LogP contribution in [0.2, 0.25) is 0 Å². The Labute approximate surface area is 93.7 Å². The quantitative estimate of drug-likeness (QED) is 0.795. The number of carbonyl (C=O) groups is 1. The van der Waals surface area contributed by atoms with Crippen molar-refractivity contribution < 1.29 is 9.90 Å². The van der Waals surface area contributed by atoms with Crippen molar-refractivity contribution in [3.63, 3.8) is 0 Å². The topological polar surface area (TPSA) is 81.8 Å². The summed E-state index contributed by atoms with van der Waals surface area (Å²) in [5.41, 5.74) is 2.01. The zero-order valence-electron chi connectivity index (χ0n) is 7.62. The lowest BCUT2D eigenvalue weighted by molar-refractivity contribution is -0.136. The lowest BCUT2D eigenvalue weighted by Gasteiger charge is -1.96. The van der Waals surface area contributed by atoms with Crippen LogP contribution in [0, 0.1) is 0 Å². The van der Waals surface area contributed by atoms with E-state index in [1.54, 1.807) is 6.20 Å². The van der Waals surface area contributed by atoms with E-state index in [1.807, 2.05) is 12.1 Å². The van der Waals surface area contributed by atoms with Crippen LogP contribution in [0.1, 0.15) is 5.69 Å². The van der Waals surface area contributed by atoms with E-state index in [2.05, 4.69) is 30.9 Å². The molecule has 0 aliphatic carbocycles. The van der Waals surface area contributed by atoms with E-state index < -0.39 is 5.97 Å². The van der Waals surface area contributed by atoms with Gasteiger partial charge >= 0.3 is 5.97 Å². The molecule has 0 radical (unpaired) electrons. The summed E-state index contributed by atoms with van der Waals surface area (Å²) in [6.07, 6.45) is 1.69. The van der Waals surface area contributed by atoms with E-state index in [0.29, 0.717) is 16.1 Å². The van der Waals surface area contributed by atoms with E-state index in [4.69, 9.17) is 5.11 Å². The van der Waals surface area contributed by atoms with Crippen LogP contribution in [0.4, 0.5) is 0 Å². The molecule has 2 rings (SSSR count). The number of halogens is 1. The van der Waals surface area contributed by atoms with Crippen LogP contribution in [0.15, 0.2) is 23.1 Å². The maximum absolute atomic E-state index is 10.6. The maximum Gasteiger partial charge on any atom is 0.309 e. The second-order valence-electron chi connectivity index (χ2n) is 3.01. The van der Waals surface area contributed by atoms with Gasteiger partial charge in [-0.2, -0.15) is 0 Å². The summed E-state index contributed by atoms with van der Waals surface area (Å²) >= 11 is 3.19. The molecule has 78 valence electrons. The Bertz CT molecular complexity index is 476. The summed E-state index contributed by atoms with van der Waals surface area (Å²) in [5.74, 6) is -0.890. The monoisotopic (exact) mass is 269 g/mol. The number of H-pyrrole nitrogens is 2. The van der Waals surface area contributed by atoms with Crippen molar-refractivity contribution in [1.29, 1.82) is 0 Å². The van der Waals surface area contributed by atoms with Crippen molar-refractivity contribution in [2.24, 2.45) is 0 Å². The van der Waals surface area contributed by atoms with Gasteiger partial charge in [-0.1, -0.05) is 0 Å². The number of rotatable bonds is 3. The number of aromatic amines is 2. The van der Waals surface area contributed by atoms with Gasteiger partial charge in [0, 0.05) is 6.20 Å². The second kappa shape index (κ2) is 3.90. The fourth-order valence-electron chi connectivity index (χ4n) is 1.36. The molecule has 2 aromatic rings. The standard InChI is InChI=1S/C9H8BrN3O2/c10-9-12-6(4-7(14)15)8(13-9)5-2-1-3-11-5/h1-3,11H,4H2,(H,12,13)(H,14,15). The number of aromatic nitrogens is 3. The highest BCUT2D eigenvalue weighted by molar-refractivity contribution is 9.10. The number of nitrogens with one attached hydrogen (secondary N) is 2. The molecule has 3 N–H and O–H groups in total. The fraction of sp³-hybridized carbons (Fsp3) is 0.111.